The average molecular weight is 298 g/mol. The number of hydrogen-bond acceptors (Lipinski definition) is 4. The molecule has 5 nitrogen and oxygen atoms in total. The van der Waals surface area contributed by atoms with E-state index >= 15 is 0 Å². The van der Waals surface area contributed by atoms with Crippen LogP contribution >= 0.6 is 0 Å². The van der Waals surface area contributed by atoms with Crippen LogP contribution in [-0.4, -0.2) is 59.4 Å². The minimum atomic E-state index is -0.758. The van der Waals surface area contributed by atoms with Gasteiger partial charge in [-0.3, -0.25) is 15.0 Å². The number of rotatable bonds is 8. The smallest absolute Gasteiger partial charge is 0.323 e. The number of nitrogens with one attached hydrogen (secondary N) is 1. The van der Waals surface area contributed by atoms with Crippen molar-refractivity contribution in [3.8, 4) is 0 Å². The van der Waals surface area contributed by atoms with Gasteiger partial charge in [0.05, 0.1) is 12.2 Å². The van der Waals surface area contributed by atoms with Gasteiger partial charge < -0.3 is 9.84 Å². The Morgan fingerprint density at radius 3 is 2.71 bits per heavy atom. The summed E-state index contributed by atoms with van der Waals surface area (Å²) in [6, 6.07) is 0.422. The minimum Gasteiger partial charge on any atom is -0.480 e. The molecule has 2 rings (SSSR count). The van der Waals surface area contributed by atoms with Gasteiger partial charge in [0, 0.05) is 19.1 Å². The molecule has 0 aromatic heterocycles. The number of aliphatic carboxylic acids is 1. The zero-order chi connectivity index (χ0) is 15.5. The van der Waals surface area contributed by atoms with Crippen LogP contribution in [0.25, 0.3) is 0 Å². The molecule has 0 aromatic rings. The maximum Gasteiger partial charge on any atom is 0.323 e. The third kappa shape index (κ3) is 5.24. The maximum atomic E-state index is 11.5. The van der Waals surface area contributed by atoms with E-state index in [1.165, 1.54) is 0 Å². The zero-order valence-electron chi connectivity index (χ0n) is 13.7. The van der Waals surface area contributed by atoms with E-state index in [1.54, 1.807) is 0 Å². The second-order valence-electron chi connectivity index (χ2n) is 7.40. The van der Waals surface area contributed by atoms with E-state index in [2.05, 4.69) is 24.1 Å². The molecular formula is C16H30N2O3. The van der Waals surface area contributed by atoms with Gasteiger partial charge in [-0.05, 0) is 59.4 Å². The first-order valence-corrected chi connectivity index (χ1v) is 8.18. The summed E-state index contributed by atoms with van der Waals surface area (Å²) in [4.78, 5) is 13.9. The lowest BCUT2D eigenvalue weighted by Gasteiger charge is -2.38. The molecule has 122 valence electrons. The average Bonchev–Trinajstić information content (AvgIpc) is 3.17. The van der Waals surface area contributed by atoms with Crippen molar-refractivity contribution in [2.75, 3.05) is 26.2 Å². The number of ether oxygens (including phenoxy) is 1. The quantitative estimate of drug-likeness (QED) is 0.670. The molecule has 1 aliphatic heterocycles. The summed E-state index contributed by atoms with van der Waals surface area (Å²) >= 11 is 0. The Kier molecular flexibility index (Phi) is 5.28. The normalized spacial score (nSPS) is 25.5. The van der Waals surface area contributed by atoms with Gasteiger partial charge in [-0.2, -0.15) is 0 Å². The Hall–Kier alpha value is -0.650. The lowest BCUT2D eigenvalue weighted by atomic mass is 9.94. The lowest BCUT2D eigenvalue weighted by Crippen LogP contribution is -2.50. The Morgan fingerprint density at radius 2 is 2.14 bits per heavy atom. The summed E-state index contributed by atoms with van der Waals surface area (Å²) in [6.07, 6.45) is 4.93. The van der Waals surface area contributed by atoms with Gasteiger partial charge in [-0.1, -0.05) is 0 Å². The highest BCUT2D eigenvalue weighted by molar-refractivity contribution is 5.78. The summed E-state index contributed by atoms with van der Waals surface area (Å²) < 4.78 is 5.71. The topological polar surface area (TPSA) is 61.8 Å². The largest absolute Gasteiger partial charge is 0.480 e. The Bertz CT molecular complexity index is 369. The zero-order valence-corrected chi connectivity index (χ0v) is 13.7. The van der Waals surface area contributed by atoms with E-state index < -0.39 is 11.5 Å². The Morgan fingerprint density at radius 1 is 1.43 bits per heavy atom. The van der Waals surface area contributed by atoms with Crippen molar-refractivity contribution in [1.29, 1.82) is 0 Å². The molecule has 1 heterocycles. The van der Waals surface area contributed by atoms with Crippen LogP contribution < -0.4 is 5.32 Å². The molecule has 2 fully saturated rings. The summed E-state index contributed by atoms with van der Waals surface area (Å²) in [6.45, 7) is 9.85. The highest BCUT2D eigenvalue weighted by atomic mass is 16.5. The predicted molar refractivity (Wildman–Crippen MR) is 82.5 cm³/mol. The summed E-state index contributed by atoms with van der Waals surface area (Å²) in [5.74, 6) is -0.720. The standard InChI is InChI=1S/C16H30N2O3/c1-15(2)12-18(10-11-21-15)9-5-4-8-16(3,14(19)20)17-13-6-7-13/h13,17H,4-12H2,1-3H3,(H,19,20). The first-order chi connectivity index (χ1) is 9.81. The number of unbranched alkanes of at least 4 members (excludes halogenated alkanes) is 1. The maximum absolute atomic E-state index is 11.5. The fourth-order valence-corrected chi connectivity index (χ4v) is 3.04. The van der Waals surface area contributed by atoms with Gasteiger partial charge in [-0.15, -0.1) is 0 Å². The van der Waals surface area contributed by atoms with Crippen LogP contribution in [0.4, 0.5) is 0 Å². The van der Waals surface area contributed by atoms with Crippen molar-refractivity contribution >= 4 is 5.97 Å². The third-order valence-electron chi connectivity index (χ3n) is 4.48. The van der Waals surface area contributed by atoms with Crippen LogP contribution in [0.2, 0.25) is 0 Å². The molecule has 2 aliphatic rings. The van der Waals surface area contributed by atoms with Gasteiger partial charge in [0.2, 0.25) is 0 Å². The number of hydrogen-bond donors (Lipinski definition) is 2. The van der Waals surface area contributed by atoms with E-state index in [1.807, 2.05) is 6.92 Å². The van der Waals surface area contributed by atoms with E-state index in [9.17, 15) is 9.90 Å². The molecule has 1 saturated carbocycles. The van der Waals surface area contributed by atoms with Gasteiger partial charge >= 0.3 is 5.97 Å². The van der Waals surface area contributed by atoms with Crippen molar-refractivity contribution in [3.63, 3.8) is 0 Å². The molecule has 1 saturated heterocycles. The lowest BCUT2D eigenvalue weighted by molar-refractivity contribution is -0.144. The molecule has 1 atom stereocenters. The SMILES string of the molecule is CC1(C)CN(CCCCC(C)(NC2CC2)C(=O)O)CCO1. The third-order valence-corrected chi connectivity index (χ3v) is 4.48. The molecule has 0 radical (unpaired) electrons. The van der Waals surface area contributed by atoms with Gasteiger partial charge in [0.1, 0.15) is 5.54 Å². The van der Waals surface area contributed by atoms with Crippen LogP contribution in [0.15, 0.2) is 0 Å². The number of carboxylic acids is 1. The molecule has 2 N–H and O–H groups in total. The first-order valence-electron chi connectivity index (χ1n) is 8.18. The minimum absolute atomic E-state index is 0.0542. The highest BCUT2D eigenvalue weighted by Crippen LogP contribution is 2.25. The molecule has 0 bridgehead atoms. The van der Waals surface area contributed by atoms with E-state index in [4.69, 9.17) is 4.74 Å². The van der Waals surface area contributed by atoms with Crippen molar-refractivity contribution in [3.05, 3.63) is 0 Å². The molecule has 1 unspecified atom stereocenters. The van der Waals surface area contributed by atoms with Gasteiger partial charge in [-0.25, -0.2) is 0 Å². The molecule has 5 heteroatoms. The summed E-state index contributed by atoms with van der Waals surface area (Å²) in [5.41, 5.74) is -0.813. The molecule has 1 aliphatic carbocycles. The summed E-state index contributed by atoms with van der Waals surface area (Å²) in [7, 11) is 0. The number of nitrogens with zero attached hydrogens (tertiary/aromatic N) is 1. The van der Waals surface area contributed by atoms with E-state index in [0.717, 1.165) is 51.9 Å². The van der Waals surface area contributed by atoms with Crippen LogP contribution in [-0.2, 0) is 9.53 Å². The molecule has 21 heavy (non-hydrogen) atoms. The Balaban J connectivity index is 1.69. The number of morpholine rings is 1. The van der Waals surface area contributed by atoms with E-state index in [-0.39, 0.29) is 5.60 Å². The second kappa shape index (κ2) is 6.63. The highest BCUT2D eigenvalue weighted by Gasteiger charge is 2.37. The molecule has 0 aromatic carbocycles. The van der Waals surface area contributed by atoms with Crippen LogP contribution in [0.1, 0.15) is 52.9 Å². The Labute approximate surface area is 128 Å². The second-order valence-corrected chi connectivity index (χ2v) is 7.40. The number of carbonyl (C=O) groups is 1. The van der Waals surface area contributed by atoms with Crippen LogP contribution in [0.3, 0.4) is 0 Å². The van der Waals surface area contributed by atoms with Crippen molar-refractivity contribution in [2.24, 2.45) is 0 Å². The number of carboxylic acid groups (broad SMARTS) is 1. The van der Waals surface area contributed by atoms with Crippen LogP contribution in [0.5, 0.6) is 0 Å². The molecular weight excluding hydrogens is 268 g/mol. The molecule has 0 amide bonds. The van der Waals surface area contributed by atoms with Crippen LogP contribution in [0, 0.1) is 0 Å². The molecule has 0 spiro atoms. The monoisotopic (exact) mass is 298 g/mol. The van der Waals surface area contributed by atoms with Crippen molar-refractivity contribution in [2.45, 2.75) is 70.1 Å². The fraction of sp³-hybridized carbons (Fsp3) is 0.938. The first kappa shape index (κ1) is 16.7. The van der Waals surface area contributed by atoms with Crippen molar-refractivity contribution in [1.82, 2.24) is 10.2 Å². The van der Waals surface area contributed by atoms with Crippen molar-refractivity contribution < 1.29 is 14.6 Å². The predicted octanol–water partition coefficient (Wildman–Crippen LogP) is 1.86. The van der Waals surface area contributed by atoms with Gasteiger partial charge in [0.15, 0.2) is 0 Å². The summed E-state index contributed by atoms with van der Waals surface area (Å²) in [5, 5.41) is 12.7. The fourth-order valence-electron chi connectivity index (χ4n) is 3.04. The van der Waals surface area contributed by atoms with E-state index in [0.29, 0.717) is 12.5 Å². The van der Waals surface area contributed by atoms with Gasteiger partial charge in [0.25, 0.3) is 0 Å².